The highest BCUT2D eigenvalue weighted by Crippen LogP contribution is 2.15. The van der Waals surface area contributed by atoms with Crippen molar-refractivity contribution < 1.29 is 8.42 Å². The van der Waals surface area contributed by atoms with Gasteiger partial charge >= 0.3 is 0 Å². The Balaban J connectivity index is 2.18. The molecule has 0 aliphatic carbocycles. The van der Waals surface area contributed by atoms with Crippen LogP contribution < -0.4 is 5.32 Å². The van der Waals surface area contributed by atoms with Gasteiger partial charge in [0.2, 0.25) is 16.0 Å². The topological polar surface area (TPSA) is 93.0 Å². The summed E-state index contributed by atoms with van der Waals surface area (Å²) in [6.45, 7) is 2.76. The molecule has 0 aliphatic heterocycles. The molecule has 0 amide bonds. The summed E-state index contributed by atoms with van der Waals surface area (Å²) in [6, 6.07) is 0. The van der Waals surface area contributed by atoms with Crippen LogP contribution >= 0.6 is 0 Å². The van der Waals surface area contributed by atoms with Crippen molar-refractivity contribution in [1.29, 1.82) is 0 Å². The van der Waals surface area contributed by atoms with Gasteiger partial charge in [-0.1, -0.05) is 0 Å². The van der Waals surface area contributed by atoms with Crippen molar-refractivity contribution in [3.05, 3.63) is 30.6 Å². The van der Waals surface area contributed by atoms with E-state index in [1.165, 1.54) is 23.7 Å². The summed E-state index contributed by atoms with van der Waals surface area (Å²) in [6.07, 6.45) is 6.00. The first kappa shape index (κ1) is 15.4. The Morgan fingerprint density at radius 3 is 2.48 bits per heavy atom. The van der Waals surface area contributed by atoms with Gasteiger partial charge in [-0.05, 0) is 6.92 Å². The molecule has 2 rings (SSSR count). The van der Waals surface area contributed by atoms with Crippen LogP contribution in [0.3, 0.4) is 0 Å². The van der Waals surface area contributed by atoms with Crippen LogP contribution in [0.25, 0.3) is 0 Å². The summed E-state index contributed by atoms with van der Waals surface area (Å²) in [5.41, 5.74) is 0. The van der Waals surface area contributed by atoms with Crippen LogP contribution in [0.1, 0.15) is 12.7 Å². The molecule has 1 N–H and O–H groups in total. The van der Waals surface area contributed by atoms with Gasteiger partial charge in [-0.2, -0.15) is 4.31 Å². The maximum absolute atomic E-state index is 12.4. The number of aromatic nitrogens is 4. The van der Waals surface area contributed by atoms with Crippen LogP contribution in [0.4, 0.5) is 5.95 Å². The molecule has 0 saturated heterocycles. The minimum absolute atomic E-state index is 0.0564. The normalized spacial score (nSPS) is 11.8. The number of rotatable bonds is 6. The zero-order chi connectivity index (χ0) is 15.5. The summed E-state index contributed by atoms with van der Waals surface area (Å²) in [5.74, 6) is 1.06. The number of aryl methyl sites for hydroxylation is 1. The number of hydrogen-bond acceptors (Lipinski definition) is 6. The molecule has 0 unspecified atom stereocenters. The molecule has 0 saturated carbocycles. The van der Waals surface area contributed by atoms with Gasteiger partial charge in [-0.3, -0.25) is 0 Å². The predicted molar refractivity (Wildman–Crippen MR) is 78.1 cm³/mol. The highest BCUT2D eigenvalue weighted by atomic mass is 32.2. The minimum atomic E-state index is -3.64. The fraction of sp³-hybridized carbons (Fsp3) is 0.417. The van der Waals surface area contributed by atoms with E-state index >= 15 is 0 Å². The van der Waals surface area contributed by atoms with E-state index in [4.69, 9.17) is 0 Å². The maximum atomic E-state index is 12.4. The van der Waals surface area contributed by atoms with Crippen LogP contribution in [-0.4, -0.2) is 45.8 Å². The first-order chi connectivity index (χ1) is 9.95. The monoisotopic (exact) mass is 310 g/mol. The first-order valence-corrected chi connectivity index (χ1v) is 7.87. The number of anilines is 1. The lowest BCUT2D eigenvalue weighted by molar-refractivity contribution is 0.450. The van der Waals surface area contributed by atoms with Crippen molar-refractivity contribution in [1.82, 2.24) is 23.8 Å². The molecule has 21 heavy (non-hydrogen) atoms. The van der Waals surface area contributed by atoms with Gasteiger partial charge in [-0.25, -0.2) is 23.4 Å². The van der Waals surface area contributed by atoms with Crippen molar-refractivity contribution in [2.75, 3.05) is 18.9 Å². The molecule has 2 heterocycles. The Bertz CT molecular complexity index is 695. The van der Waals surface area contributed by atoms with Crippen molar-refractivity contribution in [3.63, 3.8) is 0 Å². The molecule has 0 aromatic carbocycles. The maximum Gasteiger partial charge on any atom is 0.246 e. The third-order valence-electron chi connectivity index (χ3n) is 2.96. The van der Waals surface area contributed by atoms with Gasteiger partial charge in [0.1, 0.15) is 10.7 Å². The smallest absolute Gasteiger partial charge is 0.246 e. The van der Waals surface area contributed by atoms with Gasteiger partial charge in [0, 0.05) is 33.0 Å². The second kappa shape index (κ2) is 6.19. The van der Waals surface area contributed by atoms with Crippen molar-refractivity contribution in [2.45, 2.75) is 18.4 Å². The number of hydrogen-bond donors (Lipinski definition) is 1. The van der Waals surface area contributed by atoms with E-state index in [1.807, 2.05) is 14.0 Å². The third kappa shape index (κ3) is 3.37. The Kier molecular flexibility index (Phi) is 4.53. The summed E-state index contributed by atoms with van der Waals surface area (Å²) in [4.78, 5) is 12.1. The Hall–Kier alpha value is -2.00. The molecule has 0 aliphatic rings. The zero-order valence-electron chi connectivity index (χ0n) is 12.2. The third-order valence-corrected chi connectivity index (χ3v) is 4.71. The highest BCUT2D eigenvalue weighted by molar-refractivity contribution is 7.89. The van der Waals surface area contributed by atoms with Gasteiger partial charge in [0.25, 0.3) is 0 Å². The van der Waals surface area contributed by atoms with Crippen LogP contribution in [0.2, 0.25) is 0 Å². The van der Waals surface area contributed by atoms with Gasteiger partial charge in [0.15, 0.2) is 0 Å². The number of nitrogens with zero attached hydrogens (tertiary/aromatic N) is 5. The Morgan fingerprint density at radius 2 is 1.95 bits per heavy atom. The van der Waals surface area contributed by atoms with E-state index in [0.29, 0.717) is 18.3 Å². The molecule has 0 spiro atoms. The van der Waals surface area contributed by atoms with Crippen LogP contribution in [0.15, 0.2) is 29.7 Å². The van der Waals surface area contributed by atoms with Gasteiger partial charge in [-0.15, -0.1) is 0 Å². The second-order valence-corrected chi connectivity index (χ2v) is 6.53. The average Bonchev–Trinajstić information content (AvgIpc) is 2.85. The molecule has 0 radical (unpaired) electrons. The second-order valence-electron chi connectivity index (χ2n) is 4.49. The van der Waals surface area contributed by atoms with E-state index in [9.17, 15) is 8.42 Å². The number of nitrogens with one attached hydrogen (secondary N) is 1. The van der Waals surface area contributed by atoms with Crippen molar-refractivity contribution in [3.8, 4) is 0 Å². The van der Waals surface area contributed by atoms with E-state index in [2.05, 4.69) is 20.3 Å². The quantitative estimate of drug-likeness (QED) is 0.833. The van der Waals surface area contributed by atoms with Gasteiger partial charge < -0.3 is 9.88 Å². The van der Waals surface area contributed by atoms with Crippen LogP contribution in [0.5, 0.6) is 0 Å². The molecule has 114 valence electrons. The lowest BCUT2D eigenvalue weighted by Crippen LogP contribution is -2.28. The Labute approximate surface area is 123 Å². The minimum Gasteiger partial charge on any atom is -0.355 e. The van der Waals surface area contributed by atoms with E-state index in [-0.39, 0.29) is 11.4 Å². The Morgan fingerprint density at radius 1 is 1.29 bits per heavy atom. The van der Waals surface area contributed by atoms with Crippen LogP contribution in [0, 0.1) is 0 Å². The molecule has 2 aromatic heterocycles. The molecule has 2 aromatic rings. The molecule has 8 nitrogen and oxygen atoms in total. The van der Waals surface area contributed by atoms with Crippen molar-refractivity contribution >= 4 is 16.0 Å². The lowest BCUT2D eigenvalue weighted by atomic mass is 10.6. The predicted octanol–water partition coefficient (Wildman–Crippen LogP) is 0.463. The summed E-state index contributed by atoms with van der Waals surface area (Å²) < 4.78 is 27.9. The molecule has 0 fully saturated rings. The van der Waals surface area contributed by atoms with Gasteiger partial charge in [0.05, 0.1) is 18.9 Å². The van der Waals surface area contributed by atoms with Crippen LogP contribution in [-0.2, 0) is 23.6 Å². The molecule has 0 bridgehead atoms. The number of sulfonamides is 1. The number of imidazole rings is 1. The summed E-state index contributed by atoms with van der Waals surface area (Å²) in [7, 11) is -0.318. The standard InChI is InChI=1S/C12H18N6O2S/c1-4-13-12-15-7-10(8-16-12)21(19,20)18(3)9-11-14-5-6-17(11)2/h5-8H,4,9H2,1-3H3,(H,13,15,16). The fourth-order valence-corrected chi connectivity index (χ4v) is 2.73. The molecular weight excluding hydrogens is 292 g/mol. The summed E-state index contributed by atoms with van der Waals surface area (Å²) >= 11 is 0. The lowest BCUT2D eigenvalue weighted by Gasteiger charge is -2.16. The van der Waals surface area contributed by atoms with E-state index in [0.717, 1.165) is 0 Å². The average molecular weight is 310 g/mol. The molecular formula is C12H18N6O2S. The van der Waals surface area contributed by atoms with E-state index < -0.39 is 10.0 Å². The molecule has 0 atom stereocenters. The zero-order valence-corrected chi connectivity index (χ0v) is 13.0. The highest BCUT2D eigenvalue weighted by Gasteiger charge is 2.23. The SMILES string of the molecule is CCNc1ncc(S(=O)(=O)N(C)Cc2nccn2C)cn1. The largest absolute Gasteiger partial charge is 0.355 e. The molecule has 9 heteroatoms. The van der Waals surface area contributed by atoms with E-state index in [1.54, 1.807) is 17.0 Å². The fourth-order valence-electron chi connectivity index (χ4n) is 1.71. The summed E-state index contributed by atoms with van der Waals surface area (Å²) in [5, 5.41) is 2.92. The first-order valence-electron chi connectivity index (χ1n) is 6.43. The van der Waals surface area contributed by atoms with Crippen molar-refractivity contribution in [2.24, 2.45) is 7.05 Å².